The molecule has 6 heteroatoms. The normalized spacial score (nSPS) is 10.5. The Kier molecular flexibility index (Phi) is 4.71. The third-order valence-corrected chi connectivity index (χ3v) is 3.89. The van der Waals surface area contributed by atoms with Crippen molar-refractivity contribution in [3.63, 3.8) is 0 Å². The molecule has 0 heterocycles. The minimum absolute atomic E-state index is 0.0769. The number of benzene rings is 2. The van der Waals surface area contributed by atoms with Crippen LogP contribution in [-0.2, 0) is 6.61 Å². The Balaban J connectivity index is 2.22. The van der Waals surface area contributed by atoms with E-state index in [0.717, 1.165) is 0 Å². The molecule has 0 aliphatic rings. The number of anilines is 1. The van der Waals surface area contributed by atoms with Crippen LogP contribution >= 0.6 is 43.5 Å². The molecule has 0 amide bonds. The van der Waals surface area contributed by atoms with Gasteiger partial charge in [0, 0.05) is 11.3 Å². The highest BCUT2D eigenvalue weighted by atomic mass is 79.9. The second kappa shape index (κ2) is 6.11. The molecule has 0 spiro atoms. The fraction of sp³-hybridized carbons (Fsp3) is 0.0769. The van der Waals surface area contributed by atoms with E-state index in [-0.39, 0.29) is 11.6 Å². The van der Waals surface area contributed by atoms with E-state index < -0.39 is 5.82 Å². The molecule has 100 valence electrons. The summed E-state index contributed by atoms with van der Waals surface area (Å²) in [5, 5.41) is 0.0801. The Morgan fingerprint density at radius 3 is 2.47 bits per heavy atom. The summed E-state index contributed by atoms with van der Waals surface area (Å²) in [6.07, 6.45) is 0. The Hall–Kier alpha value is -0.780. The predicted molar refractivity (Wildman–Crippen MR) is 82.0 cm³/mol. The van der Waals surface area contributed by atoms with Gasteiger partial charge in [-0.15, -0.1) is 0 Å². The van der Waals surface area contributed by atoms with E-state index in [1.807, 2.05) is 0 Å². The Labute approximate surface area is 132 Å². The third kappa shape index (κ3) is 3.41. The molecule has 0 atom stereocenters. The van der Waals surface area contributed by atoms with Crippen molar-refractivity contribution in [3.8, 4) is 5.75 Å². The molecule has 2 aromatic rings. The number of rotatable bonds is 3. The topological polar surface area (TPSA) is 35.2 Å². The molecule has 0 aliphatic carbocycles. The molecule has 0 bridgehead atoms. The zero-order valence-electron chi connectivity index (χ0n) is 9.59. The van der Waals surface area contributed by atoms with Gasteiger partial charge in [-0.3, -0.25) is 0 Å². The van der Waals surface area contributed by atoms with Crippen molar-refractivity contribution < 1.29 is 9.13 Å². The molecule has 0 saturated carbocycles. The van der Waals surface area contributed by atoms with Crippen LogP contribution < -0.4 is 10.5 Å². The van der Waals surface area contributed by atoms with Crippen LogP contribution in [0, 0.1) is 5.82 Å². The van der Waals surface area contributed by atoms with Gasteiger partial charge >= 0.3 is 0 Å². The first kappa shape index (κ1) is 14.6. The van der Waals surface area contributed by atoms with E-state index in [9.17, 15) is 4.39 Å². The molecule has 2 nitrogen and oxygen atoms in total. The molecular formula is C13H9Br2ClFNO. The van der Waals surface area contributed by atoms with E-state index in [2.05, 4.69) is 31.9 Å². The maximum Gasteiger partial charge on any atom is 0.148 e. The van der Waals surface area contributed by atoms with Gasteiger partial charge in [0.1, 0.15) is 18.2 Å². The molecule has 2 aromatic carbocycles. The SMILES string of the molecule is Nc1cc(Br)c(OCc2cccc(Cl)c2F)c(Br)c1. The summed E-state index contributed by atoms with van der Waals surface area (Å²) in [7, 11) is 0. The molecule has 0 fully saturated rings. The van der Waals surface area contributed by atoms with Gasteiger partial charge in [-0.25, -0.2) is 4.39 Å². The third-order valence-electron chi connectivity index (χ3n) is 2.42. The lowest BCUT2D eigenvalue weighted by Crippen LogP contribution is -2.00. The van der Waals surface area contributed by atoms with E-state index in [1.54, 1.807) is 24.3 Å². The second-order valence-corrected chi connectivity index (χ2v) is 5.93. The molecule has 2 rings (SSSR count). The minimum Gasteiger partial charge on any atom is -0.486 e. The highest BCUT2D eigenvalue weighted by Gasteiger charge is 2.11. The number of halogens is 4. The number of nitrogens with two attached hydrogens (primary N) is 1. The highest BCUT2D eigenvalue weighted by molar-refractivity contribution is 9.11. The zero-order chi connectivity index (χ0) is 14.0. The summed E-state index contributed by atoms with van der Waals surface area (Å²) in [6.45, 7) is 0.0769. The van der Waals surface area contributed by atoms with Gasteiger partial charge in [0.15, 0.2) is 0 Å². The van der Waals surface area contributed by atoms with Gasteiger partial charge < -0.3 is 10.5 Å². The predicted octanol–water partition coefficient (Wildman–Crippen LogP) is 5.17. The zero-order valence-corrected chi connectivity index (χ0v) is 13.5. The molecule has 0 aromatic heterocycles. The molecule has 2 N–H and O–H groups in total. The van der Waals surface area contributed by atoms with E-state index in [0.29, 0.717) is 25.9 Å². The summed E-state index contributed by atoms with van der Waals surface area (Å²) in [4.78, 5) is 0. The van der Waals surface area contributed by atoms with Crippen LogP contribution in [0.25, 0.3) is 0 Å². The van der Waals surface area contributed by atoms with E-state index >= 15 is 0 Å². The lowest BCUT2D eigenvalue weighted by molar-refractivity contribution is 0.296. The second-order valence-electron chi connectivity index (χ2n) is 3.82. The smallest absolute Gasteiger partial charge is 0.148 e. The molecule has 0 unspecified atom stereocenters. The number of nitrogen functional groups attached to an aromatic ring is 1. The van der Waals surface area contributed by atoms with Gasteiger partial charge in [-0.05, 0) is 50.1 Å². The average Bonchev–Trinajstić information content (AvgIpc) is 2.33. The molecule has 0 radical (unpaired) electrons. The fourth-order valence-corrected chi connectivity index (χ4v) is 3.17. The van der Waals surface area contributed by atoms with Crippen LogP contribution in [0.1, 0.15) is 5.56 Å². The Morgan fingerprint density at radius 2 is 1.84 bits per heavy atom. The lowest BCUT2D eigenvalue weighted by atomic mass is 10.2. The van der Waals surface area contributed by atoms with Gasteiger partial charge in [-0.2, -0.15) is 0 Å². The largest absolute Gasteiger partial charge is 0.486 e. The van der Waals surface area contributed by atoms with Crippen molar-refractivity contribution in [1.82, 2.24) is 0 Å². The van der Waals surface area contributed by atoms with Gasteiger partial charge in [-0.1, -0.05) is 23.7 Å². The van der Waals surface area contributed by atoms with E-state index in [1.165, 1.54) is 6.07 Å². The summed E-state index contributed by atoms with van der Waals surface area (Å²) in [6, 6.07) is 8.23. The maximum absolute atomic E-state index is 13.7. The quantitative estimate of drug-likeness (QED) is 0.711. The van der Waals surface area contributed by atoms with Crippen molar-refractivity contribution in [2.45, 2.75) is 6.61 Å². The Bertz CT molecular complexity index is 599. The monoisotopic (exact) mass is 407 g/mol. The van der Waals surface area contributed by atoms with Crippen LogP contribution in [0.2, 0.25) is 5.02 Å². The minimum atomic E-state index is -0.466. The summed E-state index contributed by atoms with van der Waals surface area (Å²) < 4.78 is 20.7. The van der Waals surface area contributed by atoms with Crippen molar-refractivity contribution in [2.75, 3.05) is 5.73 Å². The van der Waals surface area contributed by atoms with Crippen molar-refractivity contribution in [1.29, 1.82) is 0 Å². The summed E-state index contributed by atoms with van der Waals surface area (Å²) in [5.41, 5.74) is 6.68. The standard InChI is InChI=1S/C13H9Br2ClFNO/c14-9-4-8(18)5-10(15)13(9)19-6-7-2-1-3-11(16)12(7)17/h1-5H,6,18H2. The van der Waals surface area contributed by atoms with E-state index in [4.69, 9.17) is 22.1 Å². The van der Waals surface area contributed by atoms with Crippen LogP contribution in [0.5, 0.6) is 5.75 Å². The van der Waals surface area contributed by atoms with Gasteiger partial charge in [0.2, 0.25) is 0 Å². The molecule has 19 heavy (non-hydrogen) atoms. The number of ether oxygens (including phenoxy) is 1. The first-order valence-electron chi connectivity index (χ1n) is 5.29. The molecular weight excluding hydrogens is 400 g/mol. The Morgan fingerprint density at radius 1 is 1.21 bits per heavy atom. The first-order chi connectivity index (χ1) is 8.99. The van der Waals surface area contributed by atoms with Crippen molar-refractivity contribution >= 4 is 49.1 Å². The van der Waals surface area contributed by atoms with Crippen LogP contribution in [0.3, 0.4) is 0 Å². The number of hydrogen-bond donors (Lipinski definition) is 1. The summed E-state index contributed by atoms with van der Waals surface area (Å²) in [5.74, 6) is 0.0976. The van der Waals surface area contributed by atoms with Gasteiger partial charge in [0.05, 0.1) is 14.0 Å². The average molecular weight is 409 g/mol. The van der Waals surface area contributed by atoms with Crippen molar-refractivity contribution in [3.05, 3.63) is 55.7 Å². The van der Waals surface area contributed by atoms with Gasteiger partial charge in [0.25, 0.3) is 0 Å². The maximum atomic E-state index is 13.7. The molecule has 0 saturated heterocycles. The first-order valence-corrected chi connectivity index (χ1v) is 7.25. The lowest BCUT2D eigenvalue weighted by Gasteiger charge is -2.12. The molecule has 0 aliphatic heterocycles. The fourth-order valence-electron chi connectivity index (χ4n) is 1.53. The highest BCUT2D eigenvalue weighted by Crippen LogP contribution is 2.36. The van der Waals surface area contributed by atoms with Crippen LogP contribution in [-0.4, -0.2) is 0 Å². The van der Waals surface area contributed by atoms with Crippen LogP contribution in [0.15, 0.2) is 39.3 Å². The van der Waals surface area contributed by atoms with Crippen molar-refractivity contribution in [2.24, 2.45) is 0 Å². The van der Waals surface area contributed by atoms with Crippen LogP contribution in [0.4, 0.5) is 10.1 Å². The number of hydrogen-bond acceptors (Lipinski definition) is 2. The summed E-state index contributed by atoms with van der Waals surface area (Å²) >= 11 is 12.4.